The van der Waals surface area contributed by atoms with Gasteiger partial charge in [-0.3, -0.25) is 14.2 Å². The predicted octanol–water partition coefficient (Wildman–Crippen LogP) is 4.54. The molecule has 0 spiro atoms. The van der Waals surface area contributed by atoms with Crippen LogP contribution < -0.4 is 14.4 Å². The number of carbonyl (C=O) groups is 2. The fourth-order valence-corrected chi connectivity index (χ4v) is 4.60. The molecule has 1 aliphatic rings. The van der Waals surface area contributed by atoms with E-state index < -0.39 is 5.97 Å². The standard InChI is InChI=1S/C28H26N2O5/c1-18-14-23-20(15-27(31)32)6-5-8-24(23)30(18)28(33)19-10-12-21(13-11-19)34-17-22-16-29(2)25-7-3-4-9-26(25)35-22/h3-14,22H,15-17H2,1-2H3,(H,31,32). The Morgan fingerprint density at radius 1 is 1.06 bits per heavy atom. The van der Waals surface area contributed by atoms with Gasteiger partial charge in [-0.25, -0.2) is 0 Å². The number of nitrogens with zero attached hydrogens (tertiary/aromatic N) is 2. The summed E-state index contributed by atoms with van der Waals surface area (Å²) in [7, 11) is 2.03. The number of para-hydroxylation sites is 2. The summed E-state index contributed by atoms with van der Waals surface area (Å²) < 4.78 is 13.6. The molecule has 35 heavy (non-hydrogen) atoms. The number of carbonyl (C=O) groups excluding carboxylic acids is 1. The predicted molar refractivity (Wildman–Crippen MR) is 134 cm³/mol. The van der Waals surface area contributed by atoms with Gasteiger partial charge in [-0.05, 0) is 61.0 Å². The molecule has 2 heterocycles. The molecule has 0 saturated heterocycles. The highest BCUT2D eigenvalue weighted by Crippen LogP contribution is 2.32. The Kier molecular flexibility index (Phi) is 5.91. The van der Waals surface area contributed by atoms with Gasteiger partial charge in [-0.1, -0.05) is 24.3 Å². The van der Waals surface area contributed by atoms with E-state index in [-0.39, 0.29) is 18.4 Å². The lowest BCUT2D eigenvalue weighted by molar-refractivity contribution is -0.136. The summed E-state index contributed by atoms with van der Waals surface area (Å²) in [5.41, 5.74) is 3.72. The van der Waals surface area contributed by atoms with Crippen LogP contribution in [0.25, 0.3) is 10.9 Å². The first-order valence-electron chi connectivity index (χ1n) is 11.5. The molecule has 1 aromatic heterocycles. The second-order valence-electron chi connectivity index (χ2n) is 8.77. The first kappa shape index (κ1) is 22.5. The van der Waals surface area contributed by atoms with Gasteiger partial charge in [0.25, 0.3) is 5.91 Å². The summed E-state index contributed by atoms with van der Waals surface area (Å²) in [6, 6.07) is 22.2. The van der Waals surface area contributed by atoms with Crippen molar-refractivity contribution in [1.82, 2.24) is 4.57 Å². The zero-order chi connectivity index (χ0) is 24.5. The van der Waals surface area contributed by atoms with Gasteiger partial charge >= 0.3 is 5.97 Å². The monoisotopic (exact) mass is 470 g/mol. The lowest BCUT2D eigenvalue weighted by Gasteiger charge is -2.33. The normalized spacial score (nSPS) is 14.9. The highest BCUT2D eigenvalue weighted by atomic mass is 16.5. The van der Waals surface area contributed by atoms with Crippen molar-refractivity contribution in [2.75, 3.05) is 25.1 Å². The molecule has 0 bridgehead atoms. The summed E-state index contributed by atoms with van der Waals surface area (Å²) >= 11 is 0. The lowest BCUT2D eigenvalue weighted by Crippen LogP contribution is -2.41. The van der Waals surface area contributed by atoms with Gasteiger partial charge in [0.2, 0.25) is 0 Å². The number of rotatable bonds is 6. The van der Waals surface area contributed by atoms with Crippen LogP contribution in [0.15, 0.2) is 72.8 Å². The molecule has 0 radical (unpaired) electrons. The SMILES string of the molecule is Cc1cc2c(CC(=O)O)cccc2n1C(=O)c1ccc(OCC2CN(C)c3ccccc3O2)cc1. The Morgan fingerprint density at radius 2 is 1.83 bits per heavy atom. The molecule has 178 valence electrons. The topological polar surface area (TPSA) is 81.0 Å². The van der Waals surface area contributed by atoms with Crippen molar-refractivity contribution in [2.45, 2.75) is 19.4 Å². The molecule has 4 aromatic rings. The van der Waals surface area contributed by atoms with Crippen molar-refractivity contribution in [3.05, 3.63) is 89.6 Å². The van der Waals surface area contributed by atoms with E-state index in [4.69, 9.17) is 9.47 Å². The summed E-state index contributed by atoms with van der Waals surface area (Å²) in [6.07, 6.45) is -0.197. The number of likely N-dealkylation sites (N-methyl/N-ethyl adjacent to an activating group) is 1. The molecule has 3 aromatic carbocycles. The number of benzene rings is 3. The number of carboxylic acids is 1. The van der Waals surface area contributed by atoms with Crippen LogP contribution in [-0.2, 0) is 11.2 Å². The Hall–Kier alpha value is -4.26. The average Bonchev–Trinajstić information content (AvgIpc) is 3.19. The second-order valence-corrected chi connectivity index (χ2v) is 8.77. The Morgan fingerprint density at radius 3 is 2.60 bits per heavy atom. The second kappa shape index (κ2) is 9.18. The number of carboxylic acid groups (broad SMARTS) is 1. The van der Waals surface area contributed by atoms with Gasteiger partial charge in [-0.15, -0.1) is 0 Å². The number of aliphatic carboxylic acids is 1. The van der Waals surface area contributed by atoms with Crippen molar-refractivity contribution < 1.29 is 24.2 Å². The zero-order valence-corrected chi connectivity index (χ0v) is 19.6. The first-order chi connectivity index (χ1) is 16.9. The van der Waals surface area contributed by atoms with E-state index in [1.807, 2.05) is 50.4 Å². The number of hydrogen-bond acceptors (Lipinski definition) is 5. The molecular weight excluding hydrogens is 444 g/mol. The molecule has 7 nitrogen and oxygen atoms in total. The van der Waals surface area contributed by atoms with Gasteiger partial charge in [0.05, 0.1) is 24.2 Å². The summed E-state index contributed by atoms with van der Waals surface area (Å²) in [6.45, 7) is 2.95. The summed E-state index contributed by atoms with van der Waals surface area (Å²) in [5, 5.41) is 9.98. The minimum Gasteiger partial charge on any atom is -0.490 e. The maximum absolute atomic E-state index is 13.3. The third-order valence-electron chi connectivity index (χ3n) is 6.25. The number of aryl methyl sites for hydroxylation is 1. The van der Waals surface area contributed by atoms with Crippen LogP contribution in [-0.4, -0.2) is 47.9 Å². The van der Waals surface area contributed by atoms with E-state index in [1.165, 1.54) is 0 Å². The molecular formula is C28H26N2O5. The molecule has 1 aliphatic heterocycles. The molecule has 0 saturated carbocycles. The Bertz CT molecular complexity index is 1410. The number of fused-ring (bicyclic) bond motifs is 2. The molecule has 0 fully saturated rings. The minimum atomic E-state index is -0.903. The number of aromatic nitrogens is 1. The average molecular weight is 471 g/mol. The van der Waals surface area contributed by atoms with Crippen molar-refractivity contribution in [1.29, 1.82) is 0 Å². The minimum absolute atomic E-state index is 0.0902. The van der Waals surface area contributed by atoms with Crippen LogP contribution in [0.2, 0.25) is 0 Å². The molecule has 7 heteroatoms. The highest BCUT2D eigenvalue weighted by molar-refractivity contribution is 6.04. The first-order valence-corrected chi connectivity index (χ1v) is 11.5. The quantitative estimate of drug-likeness (QED) is 0.446. The van der Waals surface area contributed by atoms with Crippen molar-refractivity contribution >= 4 is 28.5 Å². The van der Waals surface area contributed by atoms with E-state index in [0.717, 1.165) is 29.1 Å². The van der Waals surface area contributed by atoms with Gasteiger partial charge in [0.1, 0.15) is 24.2 Å². The van der Waals surface area contributed by atoms with Crippen LogP contribution in [0, 0.1) is 6.92 Å². The largest absolute Gasteiger partial charge is 0.490 e. The van der Waals surface area contributed by atoms with E-state index in [2.05, 4.69) is 4.90 Å². The molecule has 0 aliphatic carbocycles. The van der Waals surface area contributed by atoms with E-state index in [1.54, 1.807) is 41.0 Å². The Balaban J connectivity index is 1.30. The van der Waals surface area contributed by atoms with Crippen LogP contribution in [0.5, 0.6) is 11.5 Å². The Labute approximate surface area is 203 Å². The van der Waals surface area contributed by atoms with Gasteiger partial charge in [0.15, 0.2) is 0 Å². The summed E-state index contributed by atoms with van der Waals surface area (Å²) in [5.74, 6) is 0.422. The van der Waals surface area contributed by atoms with Gasteiger partial charge in [0, 0.05) is 23.7 Å². The highest BCUT2D eigenvalue weighted by Gasteiger charge is 2.24. The van der Waals surface area contributed by atoms with Crippen molar-refractivity contribution in [3.8, 4) is 11.5 Å². The number of anilines is 1. The maximum atomic E-state index is 13.3. The van der Waals surface area contributed by atoms with Crippen molar-refractivity contribution in [3.63, 3.8) is 0 Å². The molecule has 5 rings (SSSR count). The molecule has 1 N–H and O–H groups in total. The van der Waals surface area contributed by atoms with Gasteiger partial charge in [-0.2, -0.15) is 0 Å². The molecule has 1 unspecified atom stereocenters. The molecule has 1 atom stereocenters. The smallest absolute Gasteiger partial charge is 0.307 e. The van der Waals surface area contributed by atoms with Crippen molar-refractivity contribution in [2.24, 2.45) is 0 Å². The maximum Gasteiger partial charge on any atom is 0.307 e. The van der Waals surface area contributed by atoms with Crippen LogP contribution in [0.1, 0.15) is 21.6 Å². The lowest BCUT2D eigenvalue weighted by atomic mass is 10.1. The van der Waals surface area contributed by atoms with E-state index in [9.17, 15) is 14.7 Å². The van der Waals surface area contributed by atoms with E-state index in [0.29, 0.717) is 29.0 Å². The third kappa shape index (κ3) is 4.45. The fraction of sp³-hybridized carbons (Fsp3) is 0.214. The van der Waals surface area contributed by atoms with Gasteiger partial charge < -0.3 is 19.5 Å². The van der Waals surface area contributed by atoms with Crippen LogP contribution in [0.3, 0.4) is 0 Å². The van der Waals surface area contributed by atoms with Crippen LogP contribution >= 0.6 is 0 Å². The summed E-state index contributed by atoms with van der Waals surface area (Å²) in [4.78, 5) is 26.7. The number of ether oxygens (including phenoxy) is 2. The fourth-order valence-electron chi connectivity index (χ4n) is 4.60. The third-order valence-corrected chi connectivity index (χ3v) is 6.25. The van der Waals surface area contributed by atoms with Crippen LogP contribution in [0.4, 0.5) is 5.69 Å². The number of hydrogen-bond donors (Lipinski definition) is 1. The zero-order valence-electron chi connectivity index (χ0n) is 19.6. The molecule has 0 amide bonds. The van der Waals surface area contributed by atoms with E-state index >= 15 is 0 Å².